The molecule has 2 heterocycles. The largest absolute Gasteiger partial charge is 0.347 e. The zero-order chi connectivity index (χ0) is 21.6. The molecule has 4 rings (SSSR count). The molecule has 1 N–H and O–H groups in total. The van der Waals surface area contributed by atoms with Crippen LogP contribution in [0.4, 0.5) is 0 Å². The number of nitrogens with one attached hydrogen (secondary N) is 1. The maximum atomic E-state index is 12.5. The van der Waals surface area contributed by atoms with Crippen molar-refractivity contribution in [2.24, 2.45) is 0 Å². The van der Waals surface area contributed by atoms with E-state index in [0.29, 0.717) is 17.3 Å². The molecule has 0 atom stereocenters. The molecule has 0 saturated heterocycles. The third-order valence-electron chi connectivity index (χ3n) is 4.93. The van der Waals surface area contributed by atoms with Gasteiger partial charge in [0.2, 0.25) is 0 Å². The van der Waals surface area contributed by atoms with Crippen LogP contribution in [0.5, 0.6) is 0 Å². The first kappa shape index (κ1) is 21.3. The number of aromatic nitrogens is 1. The Labute approximate surface area is 191 Å². The van der Waals surface area contributed by atoms with Gasteiger partial charge in [-0.1, -0.05) is 80.2 Å². The minimum atomic E-state index is -0.0431. The molecule has 0 fully saturated rings. The van der Waals surface area contributed by atoms with Crippen LogP contribution in [0.25, 0.3) is 11.1 Å². The van der Waals surface area contributed by atoms with E-state index in [1.807, 2.05) is 54.9 Å². The minimum absolute atomic E-state index is 0.0431. The van der Waals surface area contributed by atoms with Crippen LogP contribution in [0.15, 0.2) is 94.3 Å². The topological polar surface area (TPSA) is 42.0 Å². The highest BCUT2D eigenvalue weighted by atomic mass is 32.2. The molecule has 1 amide bonds. The Morgan fingerprint density at radius 2 is 1.77 bits per heavy atom. The first-order chi connectivity index (χ1) is 15.1. The number of hydrogen-bond donors (Lipinski definition) is 1. The van der Waals surface area contributed by atoms with E-state index in [1.54, 1.807) is 11.8 Å². The summed E-state index contributed by atoms with van der Waals surface area (Å²) in [5.41, 5.74) is 4.75. The van der Waals surface area contributed by atoms with Crippen LogP contribution >= 0.6 is 23.1 Å². The van der Waals surface area contributed by atoms with E-state index >= 15 is 0 Å². The van der Waals surface area contributed by atoms with E-state index < -0.39 is 0 Å². The molecule has 0 aliphatic rings. The van der Waals surface area contributed by atoms with Crippen molar-refractivity contribution in [3.63, 3.8) is 0 Å². The van der Waals surface area contributed by atoms with Gasteiger partial charge in [0.15, 0.2) is 0 Å². The van der Waals surface area contributed by atoms with Gasteiger partial charge in [-0.3, -0.25) is 9.78 Å². The van der Waals surface area contributed by atoms with Gasteiger partial charge in [-0.05, 0) is 40.8 Å². The molecule has 2 aromatic carbocycles. The molecule has 3 nitrogen and oxygen atoms in total. The van der Waals surface area contributed by atoms with Crippen molar-refractivity contribution in [1.29, 1.82) is 0 Å². The Morgan fingerprint density at radius 1 is 1.00 bits per heavy atom. The quantitative estimate of drug-likeness (QED) is 0.333. The number of carbonyl (C=O) groups is 1. The highest BCUT2D eigenvalue weighted by molar-refractivity contribution is 8.01. The van der Waals surface area contributed by atoms with E-state index in [0.717, 1.165) is 20.2 Å². The summed E-state index contributed by atoms with van der Waals surface area (Å²) < 4.78 is 1.07. The van der Waals surface area contributed by atoms with Crippen molar-refractivity contribution in [2.45, 2.75) is 35.4 Å². The van der Waals surface area contributed by atoms with Crippen LogP contribution in [-0.4, -0.2) is 10.9 Å². The van der Waals surface area contributed by atoms with Crippen molar-refractivity contribution in [2.75, 3.05) is 0 Å². The van der Waals surface area contributed by atoms with Crippen LogP contribution in [0.1, 0.15) is 40.6 Å². The SMILES string of the molecule is CC(C)c1ccccc1-c1cncc(Sc2ccc(C(=O)NCc3ccccc3)s2)c1. The average Bonchev–Trinajstić information content (AvgIpc) is 3.27. The Kier molecular flexibility index (Phi) is 6.85. The Hall–Kier alpha value is -2.89. The van der Waals surface area contributed by atoms with Crippen LogP contribution in [0.3, 0.4) is 0 Å². The summed E-state index contributed by atoms with van der Waals surface area (Å²) in [4.78, 5) is 18.7. The van der Waals surface area contributed by atoms with Gasteiger partial charge in [-0.2, -0.15) is 0 Å². The van der Waals surface area contributed by atoms with E-state index in [4.69, 9.17) is 0 Å². The van der Waals surface area contributed by atoms with Crippen LogP contribution < -0.4 is 5.32 Å². The maximum Gasteiger partial charge on any atom is 0.261 e. The first-order valence-corrected chi connectivity index (χ1v) is 11.9. The second-order valence-electron chi connectivity index (χ2n) is 7.54. The zero-order valence-corrected chi connectivity index (χ0v) is 19.2. The molecule has 5 heteroatoms. The highest BCUT2D eigenvalue weighted by Gasteiger charge is 2.12. The van der Waals surface area contributed by atoms with Crippen molar-refractivity contribution >= 4 is 29.0 Å². The van der Waals surface area contributed by atoms with E-state index in [-0.39, 0.29) is 5.91 Å². The number of pyridine rings is 1. The predicted octanol–water partition coefficient (Wildman–Crippen LogP) is 7.01. The van der Waals surface area contributed by atoms with Crippen LogP contribution in [-0.2, 0) is 6.54 Å². The highest BCUT2D eigenvalue weighted by Crippen LogP contribution is 2.36. The molecule has 0 aliphatic carbocycles. The zero-order valence-electron chi connectivity index (χ0n) is 17.5. The molecule has 31 heavy (non-hydrogen) atoms. The third kappa shape index (κ3) is 5.43. The third-order valence-corrected chi connectivity index (χ3v) is 7.10. The molecule has 0 spiro atoms. The second-order valence-corrected chi connectivity index (χ2v) is 10.00. The molecule has 0 saturated carbocycles. The number of thiophene rings is 1. The number of amides is 1. The van der Waals surface area contributed by atoms with Crippen LogP contribution in [0.2, 0.25) is 0 Å². The Bertz CT molecular complexity index is 1170. The van der Waals surface area contributed by atoms with Gasteiger partial charge in [-0.25, -0.2) is 0 Å². The molecule has 0 aliphatic heterocycles. The summed E-state index contributed by atoms with van der Waals surface area (Å²) >= 11 is 3.14. The van der Waals surface area contributed by atoms with Crippen molar-refractivity contribution in [3.05, 3.63) is 101 Å². The first-order valence-electron chi connectivity index (χ1n) is 10.2. The van der Waals surface area contributed by atoms with Crippen molar-refractivity contribution in [3.8, 4) is 11.1 Å². The van der Waals surface area contributed by atoms with E-state index in [1.165, 1.54) is 22.5 Å². The van der Waals surface area contributed by atoms with E-state index in [9.17, 15) is 4.79 Å². The van der Waals surface area contributed by atoms with Gasteiger partial charge in [0.25, 0.3) is 5.91 Å². The number of rotatable bonds is 7. The summed E-state index contributed by atoms with van der Waals surface area (Å²) in [6.45, 7) is 4.95. The number of carbonyl (C=O) groups excluding carboxylic acids is 1. The van der Waals surface area contributed by atoms with Crippen LogP contribution in [0, 0.1) is 0 Å². The lowest BCUT2D eigenvalue weighted by Crippen LogP contribution is -2.21. The van der Waals surface area contributed by atoms with Gasteiger partial charge < -0.3 is 5.32 Å². The van der Waals surface area contributed by atoms with Gasteiger partial charge in [0.1, 0.15) is 0 Å². The minimum Gasteiger partial charge on any atom is -0.347 e. The normalized spacial score (nSPS) is 10.9. The summed E-state index contributed by atoms with van der Waals surface area (Å²) in [6.07, 6.45) is 3.79. The average molecular weight is 445 g/mol. The standard InChI is InChI=1S/C26H24N2OS2/c1-18(2)22-10-6-7-11-23(22)20-14-21(17-27-16-20)30-25-13-12-24(31-25)26(29)28-15-19-8-4-3-5-9-19/h3-14,16-18H,15H2,1-2H3,(H,28,29). The predicted molar refractivity (Wildman–Crippen MR) is 130 cm³/mol. The fourth-order valence-corrected chi connectivity index (χ4v) is 5.41. The monoisotopic (exact) mass is 444 g/mol. The molecule has 156 valence electrons. The second kappa shape index (κ2) is 9.94. The lowest BCUT2D eigenvalue weighted by atomic mass is 9.93. The van der Waals surface area contributed by atoms with Gasteiger partial charge in [0, 0.05) is 29.4 Å². The lowest BCUT2D eigenvalue weighted by Gasteiger charge is -2.13. The molecule has 4 aromatic rings. The Morgan fingerprint density at radius 3 is 2.58 bits per heavy atom. The Balaban J connectivity index is 1.46. The van der Waals surface area contributed by atoms with Crippen molar-refractivity contribution < 1.29 is 4.79 Å². The molecular weight excluding hydrogens is 420 g/mol. The fraction of sp³-hybridized carbons (Fsp3) is 0.154. The molecule has 2 aromatic heterocycles. The maximum absolute atomic E-state index is 12.5. The molecule has 0 bridgehead atoms. The van der Waals surface area contributed by atoms with E-state index in [2.05, 4.69) is 54.5 Å². The van der Waals surface area contributed by atoms with Crippen molar-refractivity contribution in [1.82, 2.24) is 10.3 Å². The summed E-state index contributed by atoms with van der Waals surface area (Å²) in [7, 11) is 0. The molecular formula is C26H24N2OS2. The fourth-order valence-electron chi connectivity index (χ4n) is 3.36. The number of hydrogen-bond acceptors (Lipinski definition) is 4. The van der Waals surface area contributed by atoms with Gasteiger partial charge in [0.05, 0.1) is 9.09 Å². The summed E-state index contributed by atoms with van der Waals surface area (Å²) in [5.74, 6) is 0.403. The van der Waals surface area contributed by atoms with Gasteiger partial charge >= 0.3 is 0 Å². The lowest BCUT2D eigenvalue weighted by molar-refractivity contribution is 0.0955. The smallest absolute Gasteiger partial charge is 0.261 e. The number of nitrogens with zero attached hydrogens (tertiary/aromatic N) is 1. The molecule has 0 unspecified atom stereocenters. The summed E-state index contributed by atoms with van der Waals surface area (Å²) in [5, 5.41) is 2.99. The van der Waals surface area contributed by atoms with Gasteiger partial charge in [-0.15, -0.1) is 11.3 Å². The summed E-state index contributed by atoms with van der Waals surface area (Å²) in [6, 6.07) is 24.5. The number of benzene rings is 2. The molecule has 0 radical (unpaired) electrons.